The Morgan fingerprint density at radius 2 is 1.96 bits per heavy atom. The standard InChI is InChI=1S/C17H16BrN3OS/c1-21(10-12-6-8-13(18)9-7-12)16(22)11-23-17-19-14-4-2-3-5-15(14)20-17/h2-9H,10-11H2,1H3,(H,19,20). The molecule has 6 heteroatoms. The highest BCUT2D eigenvalue weighted by Crippen LogP contribution is 2.19. The van der Waals surface area contributed by atoms with Crippen molar-refractivity contribution in [2.24, 2.45) is 0 Å². The van der Waals surface area contributed by atoms with Gasteiger partial charge >= 0.3 is 0 Å². The Bertz CT molecular complexity index is 783. The molecule has 0 bridgehead atoms. The first-order valence-electron chi connectivity index (χ1n) is 7.18. The van der Waals surface area contributed by atoms with Crippen molar-refractivity contribution in [3.63, 3.8) is 0 Å². The van der Waals surface area contributed by atoms with Gasteiger partial charge in [0.15, 0.2) is 5.16 Å². The lowest BCUT2D eigenvalue weighted by Crippen LogP contribution is -2.27. The fourth-order valence-electron chi connectivity index (χ4n) is 2.19. The Labute approximate surface area is 147 Å². The number of nitrogens with one attached hydrogen (secondary N) is 1. The molecule has 0 aliphatic heterocycles. The molecule has 0 unspecified atom stereocenters. The summed E-state index contributed by atoms with van der Waals surface area (Å²) in [7, 11) is 1.82. The van der Waals surface area contributed by atoms with Crippen molar-refractivity contribution in [1.29, 1.82) is 0 Å². The maximum atomic E-state index is 12.3. The fourth-order valence-corrected chi connectivity index (χ4v) is 3.28. The van der Waals surface area contributed by atoms with Gasteiger partial charge in [-0.25, -0.2) is 4.98 Å². The second-order valence-electron chi connectivity index (χ2n) is 5.22. The third kappa shape index (κ3) is 4.14. The number of carbonyl (C=O) groups is 1. The molecule has 1 aromatic heterocycles. The molecule has 0 aliphatic rings. The van der Waals surface area contributed by atoms with Crippen LogP contribution in [-0.2, 0) is 11.3 Å². The average molecular weight is 390 g/mol. The summed E-state index contributed by atoms with van der Waals surface area (Å²) in [5.74, 6) is 0.450. The zero-order valence-corrected chi connectivity index (χ0v) is 15.0. The second kappa shape index (κ2) is 7.19. The molecule has 0 atom stereocenters. The highest BCUT2D eigenvalue weighted by Gasteiger charge is 2.11. The van der Waals surface area contributed by atoms with Crippen LogP contribution in [0, 0.1) is 0 Å². The van der Waals surface area contributed by atoms with Crippen LogP contribution in [0.1, 0.15) is 5.56 Å². The van der Waals surface area contributed by atoms with E-state index in [1.54, 1.807) is 4.90 Å². The fraction of sp³-hybridized carbons (Fsp3) is 0.176. The highest BCUT2D eigenvalue weighted by atomic mass is 79.9. The highest BCUT2D eigenvalue weighted by molar-refractivity contribution is 9.10. The van der Waals surface area contributed by atoms with Crippen molar-refractivity contribution in [2.75, 3.05) is 12.8 Å². The van der Waals surface area contributed by atoms with Crippen LogP contribution < -0.4 is 0 Å². The summed E-state index contributed by atoms with van der Waals surface area (Å²) in [6.45, 7) is 0.604. The molecule has 0 spiro atoms. The number of hydrogen-bond donors (Lipinski definition) is 1. The summed E-state index contributed by atoms with van der Waals surface area (Å²) in [6.07, 6.45) is 0. The maximum Gasteiger partial charge on any atom is 0.233 e. The maximum absolute atomic E-state index is 12.3. The molecule has 0 saturated carbocycles. The number of halogens is 1. The van der Waals surface area contributed by atoms with Crippen molar-refractivity contribution in [3.05, 3.63) is 58.6 Å². The molecule has 2 aromatic carbocycles. The zero-order valence-electron chi connectivity index (χ0n) is 12.6. The number of aromatic amines is 1. The Kier molecular flexibility index (Phi) is 5.03. The van der Waals surface area contributed by atoms with Gasteiger partial charge in [0, 0.05) is 18.1 Å². The van der Waals surface area contributed by atoms with E-state index >= 15 is 0 Å². The van der Waals surface area contributed by atoms with Crippen molar-refractivity contribution < 1.29 is 4.79 Å². The Hall–Kier alpha value is -1.79. The summed E-state index contributed by atoms with van der Waals surface area (Å²) < 4.78 is 1.04. The lowest BCUT2D eigenvalue weighted by molar-refractivity contribution is -0.127. The number of fused-ring (bicyclic) bond motifs is 1. The number of H-pyrrole nitrogens is 1. The third-order valence-corrected chi connectivity index (χ3v) is 4.85. The van der Waals surface area contributed by atoms with Crippen molar-refractivity contribution in [1.82, 2.24) is 14.9 Å². The zero-order chi connectivity index (χ0) is 16.2. The Balaban J connectivity index is 1.56. The van der Waals surface area contributed by atoms with E-state index in [4.69, 9.17) is 0 Å². The van der Waals surface area contributed by atoms with Crippen molar-refractivity contribution in [2.45, 2.75) is 11.7 Å². The van der Waals surface area contributed by atoms with Gasteiger partial charge in [0.25, 0.3) is 0 Å². The first-order chi connectivity index (χ1) is 11.1. The largest absolute Gasteiger partial charge is 0.341 e. The minimum Gasteiger partial charge on any atom is -0.341 e. The predicted octanol–water partition coefficient (Wildman–Crippen LogP) is 4.08. The van der Waals surface area contributed by atoms with Gasteiger partial charge in [0.1, 0.15) is 0 Å². The number of nitrogens with zero attached hydrogens (tertiary/aromatic N) is 2. The normalized spacial score (nSPS) is 10.9. The van der Waals surface area contributed by atoms with E-state index in [2.05, 4.69) is 25.9 Å². The molecule has 4 nitrogen and oxygen atoms in total. The SMILES string of the molecule is CN(Cc1ccc(Br)cc1)C(=O)CSc1nc2ccccc2[nH]1. The van der Waals surface area contributed by atoms with Crippen LogP contribution in [0.4, 0.5) is 0 Å². The molecule has 0 radical (unpaired) electrons. The van der Waals surface area contributed by atoms with Gasteiger partial charge < -0.3 is 9.88 Å². The van der Waals surface area contributed by atoms with Gasteiger partial charge in [-0.3, -0.25) is 4.79 Å². The van der Waals surface area contributed by atoms with Crippen LogP contribution >= 0.6 is 27.7 Å². The number of aromatic nitrogens is 2. The Morgan fingerprint density at radius 1 is 1.22 bits per heavy atom. The van der Waals surface area contributed by atoms with Gasteiger partial charge in [-0.15, -0.1) is 0 Å². The molecule has 0 fully saturated rings. The number of thioether (sulfide) groups is 1. The number of rotatable bonds is 5. The lowest BCUT2D eigenvalue weighted by atomic mass is 10.2. The van der Waals surface area contributed by atoms with E-state index in [1.165, 1.54) is 11.8 Å². The molecule has 118 valence electrons. The lowest BCUT2D eigenvalue weighted by Gasteiger charge is -2.16. The van der Waals surface area contributed by atoms with Crippen LogP contribution in [0.3, 0.4) is 0 Å². The molecule has 1 N–H and O–H groups in total. The number of para-hydroxylation sites is 2. The average Bonchev–Trinajstić information content (AvgIpc) is 2.97. The number of carbonyl (C=O) groups excluding carboxylic acids is 1. The van der Waals surface area contributed by atoms with Gasteiger partial charge in [-0.05, 0) is 29.8 Å². The summed E-state index contributed by atoms with van der Waals surface area (Å²) in [6, 6.07) is 15.8. The van der Waals surface area contributed by atoms with Crippen LogP contribution in [0.2, 0.25) is 0 Å². The number of imidazole rings is 1. The summed E-state index contributed by atoms with van der Waals surface area (Å²) in [4.78, 5) is 21.7. The molecular weight excluding hydrogens is 374 g/mol. The van der Waals surface area contributed by atoms with E-state index < -0.39 is 0 Å². The molecule has 23 heavy (non-hydrogen) atoms. The quantitative estimate of drug-likeness (QED) is 0.668. The van der Waals surface area contributed by atoms with Crippen molar-refractivity contribution >= 4 is 44.6 Å². The molecule has 1 heterocycles. The van der Waals surface area contributed by atoms with E-state index in [0.29, 0.717) is 12.3 Å². The first kappa shape index (κ1) is 16.1. The summed E-state index contributed by atoms with van der Waals surface area (Å²) in [5.41, 5.74) is 3.02. The van der Waals surface area contributed by atoms with E-state index in [9.17, 15) is 4.79 Å². The molecule has 3 rings (SSSR count). The van der Waals surface area contributed by atoms with Crippen LogP contribution in [0.25, 0.3) is 11.0 Å². The topological polar surface area (TPSA) is 49.0 Å². The molecule has 3 aromatic rings. The number of amides is 1. The molecule has 0 saturated heterocycles. The third-order valence-electron chi connectivity index (χ3n) is 3.46. The Morgan fingerprint density at radius 3 is 2.70 bits per heavy atom. The van der Waals surface area contributed by atoms with E-state index in [-0.39, 0.29) is 5.91 Å². The number of hydrogen-bond acceptors (Lipinski definition) is 3. The van der Waals surface area contributed by atoms with Crippen molar-refractivity contribution in [3.8, 4) is 0 Å². The molecule has 1 amide bonds. The monoisotopic (exact) mass is 389 g/mol. The van der Waals surface area contributed by atoms with E-state index in [0.717, 1.165) is 26.2 Å². The van der Waals surface area contributed by atoms with Crippen LogP contribution in [-0.4, -0.2) is 33.6 Å². The van der Waals surface area contributed by atoms with Crippen LogP contribution in [0.15, 0.2) is 58.2 Å². The number of benzene rings is 2. The van der Waals surface area contributed by atoms with Gasteiger partial charge in [0.05, 0.1) is 16.8 Å². The minimum atomic E-state index is 0.0818. The summed E-state index contributed by atoms with van der Waals surface area (Å²) in [5, 5.41) is 0.775. The van der Waals surface area contributed by atoms with Gasteiger partial charge in [-0.2, -0.15) is 0 Å². The van der Waals surface area contributed by atoms with Crippen LogP contribution in [0.5, 0.6) is 0 Å². The van der Waals surface area contributed by atoms with Gasteiger partial charge in [-0.1, -0.05) is 52.0 Å². The second-order valence-corrected chi connectivity index (χ2v) is 7.10. The molecule has 0 aliphatic carbocycles. The minimum absolute atomic E-state index is 0.0818. The first-order valence-corrected chi connectivity index (χ1v) is 8.95. The smallest absolute Gasteiger partial charge is 0.233 e. The predicted molar refractivity (Wildman–Crippen MR) is 97.4 cm³/mol. The summed E-state index contributed by atoms with van der Waals surface area (Å²) >= 11 is 4.84. The van der Waals surface area contributed by atoms with E-state index in [1.807, 2.05) is 55.6 Å². The van der Waals surface area contributed by atoms with Gasteiger partial charge in [0.2, 0.25) is 5.91 Å². The molecular formula is C17H16BrN3OS.